The minimum Gasteiger partial charge on any atom is -0.326 e. The SMILES string of the molecule is O=C(CCS(=O)(=O)C1CCCc2ccccc21)Nc1ccccc1. The highest BCUT2D eigenvalue weighted by molar-refractivity contribution is 7.91. The summed E-state index contributed by atoms with van der Waals surface area (Å²) in [5, 5.41) is 2.25. The van der Waals surface area contributed by atoms with Gasteiger partial charge in [0.05, 0.1) is 11.0 Å². The summed E-state index contributed by atoms with van der Waals surface area (Å²) in [6, 6.07) is 16.8. The first-order chi connectivity index (χ1) is 11.6. The van der Waals surface area contributed by atoms with Crippen LogP contribution in [0.2, 0.25) is 0 Å². The van der Waals surface area contributed by atoms with Crippen molar-refractivity contribution >= 4 is 21.4 Å². The van der Waals surface area contributed by atoms with Gasteiger partial charge in [0.15, 0.2) is 9.84 Å². The Morgan fingerprint density at radius 2 is 1.75 bits per heavy atom. The monoisotopic (exact) mass is 343 g/mol. The molecule has 24 heavy (non-hydrogen) atoms. The lowest BCUT2D eigenvalue weighted by molar-refractivity contribution is -0.115. The molecule has 0 heterocycles. The van der Waals surface area contributed by atoms with Gasteiger partial charge in [-0.05, 0) is 42.5 Å². The van der Waals surface area contributed by atoms with Crippen LogP contribution in [-0.4, -0.2) is 20.1 Å². The van der Waals surface area contributed by atoms with E-state index in [4.69, 9.17) is 0 Å². The van der Waals surface area contributed by atoms with Crippen molar-refractivity contribution in [2.45, 2.75) is 30.9 Å². The van der Waals surface area contributed by atoms with E-state index in [1.807, 2.05) is 42.5 Å². The molecule has 2 aromatic carbocycles. The summed E-state index contributed by atoms with van der Waals surface area (Å²) in [6.07, 6.45) is 2.42. The van der Waals surface area contributed by atoms with Gasteiger partial charge in [0.25, 0.3) is 0 Å². The summed E-state index contributed by atoms with van der Waals surface area (Å²) in [4.78, 5) is 12.0. The Hall–Kier alpha value is -2.14. The maximum Gasteiger partial charge on any atom is 0.225 e. The van der Waals surface area contributed by atoms with Crippen LogP contribution >= 0.6 is 0 Å². The lowest BCUT2D eigenvalue weighted by Crippen LogP contribution is -2.24. The highest BCUT2D eigenvalue weighted by atomic mass is 32.2. The fraction of sp³-hybridized carbons (Fsp3) is 0.316. The fourth-order valence-corrected chi connectivity index (χ4v) is 5.10. The molecule has 5 heteroatoms. The number of hydrogen-bond donors (Lipinski definition) is 1. The van der Waals surface area contributed by atoms with Crippen LogP contribution in [-0.2, 0) is 21.1 Å². The van der Waals surface area contributed by atoms with Gasteiger partial charge in [0, 0.05) is 12.1 Å². The molecule has 3 rings (SSSR count). The Labute approximate surface area is 142 Å². The second-order valence-corrected chi connectivity index (χ2v) is 8.41. The maximum atomic E-state index is 12.7. The predicted octanol–water partition coefficient (Wildman–Crippen LogP) is 3.51. The molecule has 1 aliphatic carbocycles. The van der Waals surface area contributed by atoms with Crippen molar-refractivity contribution in [1.82, 2.24) is 0 Å². The molecule has 4 nitrogen and oxygen atoms in total. The van der Waals surface area contributed by atoms with Gasteiger partial charge in [-0.2, -0.15) is 0 Å². The van der Waals surface area contributed by atoms with E-state index in [0.29, 0.717) is 12.1 Å². The molecule has 0 aliphatic heterocycles. The summed E-state index contributed by atoms with van der Waals surface area (Å²) in [7, 11) is -3.34. The van der Waals surface area contributed by atoms with Crippen molar-refractivity contribution in [3.8, 4) is 0 Å². The summed E-state index contributed by atoms with van der Waals surface area (Å²) in [5.41, 5.74) is 2.71. The van der Waals surface area contributed by atoms with E-state index >= 15 is 0 Å². The average Bonchev–Trinajstić information content (AvgIpc) is 2.60. The number of para-hydroxylation sites is 1. The van der Waals surface area contributed by atoms with Crippen molar-refractivity contribution in [3.05, 3.63) is 65.7 Å². The van der Waals surface area contributed by atoms with E-state index in [1.165, 1.54) is 0 Å². The standard InChI is InChI=1S/C19H21NO3S/c21-19(20-16-9-2-1-3-10-16)13-14-24(22,23)18-12-6-8-15-7-4-5-11-17(15)18/h1-5,7,9-11,18H,6,8,12-14H2,(H,20,21). The van der Waals surface area contributed by atoms with Gasteiger partial charge >= 0.3 is 0 Å². The van der Waals surface area contributed by atoms with Crippen LogP contribution in [0.3, 0.4) is 0 Å². The zero-order valence-electron chi connectivity index (χ0n) is 13.4. The van der Waals surface area contributed by atoms with E-state index in [9.17, 15) is 13.2 Å². The molecular weight excluding hydrogens is 322 g/mol. The molecule has 0 aromatic heterocycles. The van der Waals surface area contributed by atoms with E-state index in [2.05, 4.69) is 5.32 Å². The second-order valence-electron chi connectivity index (χ2n) is 6.11. The summed E-state index contributed by atoms with van der Waals surface area (Å²) >= 11 is 0. The van der Waals surface area contributed by atoms with Crippen molar-refractivity contribution in [2.24, 2.45) is 0 Å². The molecule has 126 valence electrons. The minimum absolute atomic E-state index is 0.0180. The number of benzene rings is 2. The molecule has 0 spiro atoms. The number of aryl methyl sites for hydroxylation is 1. The largest absolute Gasteiger partial charge is 0.326 e. The quantitative estimate of drug-likeness (QED) is 0.903. The topological polar surface area (TPSA) is 63.2 Å². The molecule has 1 atom stereocenters. The van der Waals surface area contributed by atoms with Gasteiger partial charge in [-0.25, -0.2) is 8.42 Å². The Morgan fingerprint density at radius 3 is 2.54 bits per heavy atom. The molecule has 1 aliphatic rings. The van der Waals surface area contributed by atoms with Gasteiger partial charge in [-0.15, -0.1) is 0 Å². The summed E-state index contributed by atoms with van der Waals surface area (Å²) in [5.74, 6) is -0.390. The second kappa shape index (κ2) is 7.18. The first-order valence-corrected chi connectivity index (χ1v) is 9.92. The van der Waals surface area contributed by atoms with Crippen LogP contribution in [0.4, 0.5) is 5.69 Å². The van der Waals surface area contributed by atoms with Crippen molar-refractivity contribution in [3.63, 3.8) is 0 Å². The van der Waals surface area contributed by atoms with Crippen molar-refractivity contribution in [1.29, 1.82) is 0 Å². The highest BCUT2D eigenvalue weighted by Crippen LogP contribution is 2.36. The van der Waals surface area contributed by atoms with Crippen LogP contribution < -0.4 is 5.32 Å². The number of amides is 1. The van der Waals surface area contributed by atoms with Crippen LogP contribution in [0, 0.1) is 0 Å². The minimum atomic E-state index is -3.34. The maximum absolute atomic E-state index is 12.7. The number of sulfone groups is 1. The smallest absolute Gasteiger partial charge is 0.225 e. The van der Waals surface area contributed by atoms with E-state index in [-0.39, 0.29) is 18.1 Å². The molecule has 0 fully saturated rings. The molecule has 0 bridgehead atoms. The van der Waals surface area contributed by atoms with Crippen molar-refractivity contribution in [2.75, 3.05) is 11.1 Å². The number of fused-ring (bicyclic) bond motifs is 1. The summed E-state index contributed by atoms with van der Waals surface area (Å²) in [6.45, 7) is 0. The van der Waals surface area contributed by atoms with E-state index in [0.717, 1.165) is 24.0 Å². The number of nitrogens with one attached hydrogen (secondary N) is 1. The van der Waals surface area contributed by atoms with Crippen LogP contribution in [0.25, 0.3) is 0 Å². The first-order valence-electron chi connectivity index (χ1n) is 8.20. The number of hydrogen-bond acceptors (Lipinski definition) is 3. The van der Waals surface area contributed by atoms with Crippen LogP contribution in [0.1, 0.15) is 35.6 Å². The van der Waals surface area contributed by atoms with Gasteiger partial charge < -0.3 is 5.32 Å². The normalized spacial score (nSPS) is 17.1. The molecule has 0 radical (unpaired) electrons. The molecule has 0 saturated heterocycles. The van der Waals surface area contributed by atoms with Crippen LogP contribution in [0.15, 0.2) is 54.6 Å². The summed E-state index contributed by atoms with van der Waals surface area (Å²) < 4.78 is 25.5. The zero-order chi connectivity index (χ0) is 17.0. The molecule has 1 unspecified atom stereocenters. The molecule has 0 saturated carbocycles. The number of carbonyl (C=O) groups is 1. The zero-order valence-corrected chi connectivity index (χ0v) is 14.3. The van der Waals surface area contributed by atoms with E-state index < -0.39 is 15.1 Å². The Balaban J connectivity index is 1.66. The van der Waals surface area contributed by atoms with Gasteiger partial charge in [0.1, 0.15) is 0 Å². The van der Waals surface area contributed by atoms with Gasteiger partial charge in [-0.1, -0.05) is 42.5 Å². The third-order valence-electron chi connectivity index (χ3n) is 4.42. The average molecular weight is 343 g/mol. The Kier molecular flexibility index (Phi) is 5.00. The third kappa shape index (κ3) is 3.85. The van der Waals surface area contributed by atoms with Gasteiger partial charge in [0.2, 0.25) is 5.91 Å². The number of carbonyl (C=O) groups excluding carboxylic acids is 1. The molecule has 1 N–H and O–H groups in total. The third-order valence-corrected chi connectivity index (χ3v) is 6.55. The highest BCUT2D eigenvalue weighted by Gasteiger charge is 2.31. The molecule has 1 amide bonds. The number of anilines is 1. The van der Waals surface area contributed by atoms with Crippen molar-refractivity contribution < 1.29 is 13.2 Å². The Morgan fingerprint density at radius 1 is 1.04 bits per heavy atom. The van der Waals surface area contributed by atoms with Crippen LogP contribution in [0.5, 0.6) is 0 Å². The molecule has 2 aromatic rings. The van der Waals surface area contributed by atoms with Gasteiger partial charge in [-0.3, -0.25) is 4.79 Å². The first kappa shape index (κ1) is 16.7. The predicted molar refractivity (Wildman–Crippen MR) is 95.6 cm³/mol. The van der Waals surface area contributed by atoms with E-state index in [1.54, 1.807) is 12.1 Å². The lowest BCUT2D eigenvalue weighted by Gasteiger charge is -2.25. The Bertz CT molecular complexity index is 816. The molecular formula is C19H21NO3S. The number of rotatable bonds is 5. The fourth-order valence-electron chi connectivity index (χ4n) is 3.20. The lowest BCUT2D eigenvalue weighted by atomic mass is 9.91.